The molecule has 128 valence electrons. The van der Waals surface area contributed by atoms with Crippen molar-refractivity contribution in [3.05, 3.63) is 40.5 Å². The maximum atomic E-state index is 12.9. The van der Waals surface area contributed by atoms with Crippen LogP contribution in [0, 0.1) is 18.8 Å². The Morgan fingerprint density at radius 2 is 2.04 bits per heavy atom. The number of hydrogen-bond acceptors (Lipinski definition) is 2. The quantitative estimate of drug-likeness (QED) is 0.882. The molecule has 1 aromatic heterocycles. The fourth-order valence-electron chi connectivity index (χ4n) is 2.53. The van der Waals surface area contributed by atoms with Gasteiger partial charge in [-0.15, -0.1) is 0 Å². The first-order chi connectivity index (χ1) is 11.2. The molecule has 2 atom stereocenters. The van der Waals surface area contributed by atoms with Crippen LogP contribution in [0.3, 0.4) is 0 Å². The van der Waals surface area contributed by atoms with E-state index in [1.807, 2.05) is 6.92 Å². The highest BCUT2D eigenvalue weighted by Crippen LogP contribution is 2.39. The van der Waals surface area contributed by atoms with E-state index in [4.69, 9.17) is 11.6 Å². The molecule has 0 radical (unpaired) electrons. The van der Waals surface area contributed by atoms with Gasteiger partial charge in [0.1, 0.15) is 5.82 Å². The smallest absolute Gasteiger partial charge is 0.310 e. The van der Waals surface area contributed by atoms with Gasteiger partial charge in [0.15, 0.2) is 0 Å². The number of alkyl halides is 3. The van der Waals surface area contributed by atoms with Gasteiger partial charge in [-0.1, -0.05) is 18.5 Å². The average Bonchev–Trinajstić information content (AvgIpc) is 3.10. The highest BCUT2D eigenvalue weighted by Gasteiger charge is 2.39. The lowest BCUT2D eigenvalue weighted by molar-refractivity contribution is -0.137. The molecule has 3 rings (SSSR count). The van der Waals surface area contributed by atoms with Gasteiger partial charge in [0.05, 0.1) is 22.0 Å². The number of benzene rings is 1. The lowest BCUT2D eigenvalue weighted by Crippen LogP contribution is -2.17. The molecule has 1 saturated carbocycles. The number of carbonyl (C=O) groups excluding carboxylic acids is 1. The van der Waals surface area contributed by atoms with Crippen molar-refractivity contribution in [2.45, 2.75) is 26.4 Å². The van der Waals surface area contributed by atoms with Crippen LogP contribution in [0.25, 0.3) is 5.69 Å². The molecule has 1 fully saturated rings. The van der Waals surface area contributed by atoms with Crippen molar-refractivity contribution in [1.82, 2.24) is 9.78 Å². The summed E-state index contributed by atoms with van der Waals surface area (Å²) in [6.45, 7) is 3.66. The molecule has 4 nitrogen and oxygen atoms in total. The fraction of sp³-hybridized carbons (Fsp3) is 0.375. The van der Waals surface area contributed by atoms with Crippen LogP contribution < -0.4 is 5.32 Å². The van der Waals surface area contributed by atoms with Crippen LogP contribution >= 0.6 is 11.6 Å². The summed E-state index contributed by atoms with van der Waals surface area (Å²) in [6.07, 6.45) is -3.68. The van der Waals surface area contributed by atoms with E-state index < -0.39 is 11.7 Å². The number of carbonyl (C=O) groups is 1. The van der Waals surface area contributed by atoms with Gasteiger partial charge in [0.25, 0.3) is 0 Å². The third-order valence-corrected chi connectivity index (χ3v) is 4.35. The zero-order valence-electron chi connectivity index (χ0n) is 13.0. The summed E-state index contributed by atoms with van der Waals surface area (Å²) < 4.78 is 40.1. The van der Waals surface area contributed by atoms with E-state index in [9.17, 15) is 18.0 Å². The minimum atomic E-state index is -4.49. The number of aromatic nitrogens is 2. The SMILES string of the molecule is Cc1cc(NC(=O)[C@H]2C[C@@H]2C)n(-c2cc(C(F)(F)F)ccc2Cl)n1. The summed E-state index contributed by atoms with van der Waals surface area (Å²) in [5.41, 5.74) is -0.204. The van der Waals surface area contributed by atoms with Crippen molar-refractivity contribution in [2.75, 3.05) is 5.32 Å². The van der Waals surface area contributed by atoms with Crippen LogP contribution in [0.4, 0.5) is 19.0 Å². The zero-order chi connectivity index (χ0) is 17.6. The lowest BCUT2D eigenvalue weighted by atomic mass is 10.2. The first kappa shape index (κ1) is 16.8. The molecular weight excluding hydrogens is 343 g/mol. The number of aryl methyl sites for hydroxylation is 1. The lowest BCUT2D eigenvalue weighted by Gasteiger charge is -2.13. The monoisotopic (exact) mass is 357 g/mol. The molecule has 24 heavy (non-hydrogen) atoms. The maximum absolute atomic E-state index is 12.9. The highest BCUT2D eigenvalue weighted by molar-refractivity contribution is 6.32. The van der Waals surface area contributed by atoms with E-state index in [-0.39, 0.29) is 22.5 Å². The minimum absolute atomic E-state index is 0.0642. The van der Waals surface area contributed by atoms with E-state index in [2.05, 4.69) is 10.4 Å². The summed E-state index contributed by atoms with van der Waals surface area (Å²) >= 11 is 6.06. The summed E-state index contributed by atoms with van der Waals surface area (Å²) in [6, 6.07) is 4.60. The van der Waals surface area contributed by atoms with Crippen molar-refractivity contribution >= 4 is 23.3 Å². The fourth-order valence-corrected chi connectivity index (χ4v) is 2.73. The van der Waals surface area contributed by atoms with Gasteiger partial charge in [-0.05, 0) is 37.5 Å². The normalized spacial score (nSPS) is 20.1. The molecule has 0 spiro atoms. The van der Waals surface area contributed by atoms with Gasteiger partial charge in [-0.3, -0.25) is 4.79 Å². The Hall–Kier alpha value is -2.02. The molecule has 1 heterocycles. The molecule has 1 N–H and O–H groups in total. The van der Waals surface area contributed by atoms with E-state index >= 15 is 0 Å². The number of hydrogen-bond donors (Lipinski definition) is 1. The van der Waals surface area contributed by atoms with Gasteiger partial charge in [0, 0.05) is 12.0 Å². The number of nitrogens with zero attached hydrogens (tertiary/aromatic N) is 2. The van der Waals surface area contributed by atoms with Crippen LogP contribution in [0.15, 0.2) is 24.3 Å². The Labute approximate surface area is 141 Å². The topological polar surface area (TPSA) is 46.9 Å². The summed E-state index contributed by atoms with van der Waals surface area (Å²) in [7, 11) is 0. The number of rotatable bonds is 3. The average molecular weight is 358 g/mol. The Balaban J connectivity index is 1.99. The Bertz CT molecular complexity index is 800. The third kappa shape index (κ3) is 3.26. The molecule has 0 bridgehead atoms. The molecule has 1 amide bonds. The second-order valence-corrected chi connectivity index (χ2v) is 6.46. The predicted molar refractivity (Wildman–Crippen MR) is 84.2 cm³/mol. The molecule has 0 aliphatic heterocycles. The maximum Gasteiger partial charge on any atom is 0.416 e. The molecule has 0 unspecified atom stereocenters. The minimum Gasteiger partial charge on any atom is -0.310 e. The van der Waals surface area contributed by atoms with Crippen LogP contribution in [0.1, 0.15) is 24.6 Å². The summed E-state index contributed by atoms with van der Waals surface area (Å²) in [4.78, 5) is 12.1. The van der Waals surface area contributed by atoms with Crippen molar-refractivity contribution in [1.29, 1.82) is 0 Å². The highest BCUT2D eigenvalue weighted by atomic mass is 35.5. The van der Waals surface area contributed by atoms with E-state index in [0.29, 0.717) is 17.4 Å². The predicted octanol–water partition coefficient (Wildman–Crippen LogP) is 4.45. The second-order valence-electron chi connectivity index (χ2n) is 6.06. The van der Waals surface area contributed by atoms with Gasteiger partial charge in [0.2, 0.25) is 5.91 Å². The van der Waals surface area contributed by atoms with Crippen molar-refractivity contribution in [3.63, 3.8) is 0 Å². The van der Waals surface area contributed by atoms with Crippen molar-refractivity contribution in [3.8, 4) is 5.69 Å². The second kappa shape index (κ2) is 5.81. The molecule has 8 heteroatoms. The van der Waals surface area contributed by atoms with Crippen LogP contribution in [-0.2, 0) is 11.0 Å². The van der Waals surface area contributed by atoms with Crippen LogP contribution in [0.5, 0.6) is 0 Å². The van der Waals surface area contributed by atoms with E-state index in [1.165, 1.54) is 10.7 Å². The molecular formula is C16H15ClF3N3O. The molecule has 1 aromatic carbocycles. The number of amides is 1. The van der Waals surface area contributed by atoms with Crippen LogP contribution in [-0.4, -0.2) is 15.7 Å². The van der Waals surface area contributed by atoms with Gasteiger partial charge in [-0.2, -0.15) is 18.3 Å². The Morgan fingerprint density at radius 3 is 2.62 bits per heavy atom. The molecule has 2 aromatic rings. The Morgan fingerprint density at radius 1 is 1.38 bits per heavy atom. The van der Waals surface area contributed by atoms with Gasteiger partial charge >= 0.3 is 6.18 Å². The summed E-state index contributed by atoms with van der Waals surface area (Å²) in [5, 5.41) is 7.01. The van der Waals surface area contributed by atoms with Crippen molar-refractivity contribution < 1.29 is 18.0 Å². The number of halogens is 4. The van der Waals surface area contributed by atoms with Crippen molar-refractivity contribution in [2.24, 2.45) is 11.8 Å². The van der Waals surface area contributed by atoms with Gasteiger partial charge < -0.3 is 5.32 Å². The molecule has 1 aliphatic carbocycles. The van der Waals surface area contributed by atoms with E-state index in [1.54, 1.807) is 13.0 Å². The standard InChI is InChI=1S/C16H15ClF3N3O/c1-8-5-11(8)15(24)21-14-6-9(2)22-23(14)13-7-10(16(18,19)20)3-4-12(13)17/h3-4,6-8,11H,5H2,1-2H3,(H,21,24)/t8-,11-/m0/s1. The van der Waals surface area contributed by atoms with Gasteiger partial charge in [-0.25, -0.2) is 4.68 Å². The molecule has 0 saturated heterocycles. The third-order valence-electron chi connectivity index (χ3n) is 4.03. The zero-order valence-corrected chi connectivity index (χ0v) is 13.7. The Kier molecular flexibility index (Phi) is 4.07. The number of anilines is 1. The largest absolute Gasteiger partial charge is 0.416 e. The van der Waals surface area contributed by atoms with E-state index in [0.717, 1.165) is 18.6 Å². The first-order valence-corrected chi connectivity index (χ1v) is 7.79. The number of nitrogens with one attached hydrogen (secondary N) is 1. The summed E-state index contributed by atoms with van der Waals surface area (Å²) in [5.74, 6) is 0.398. The van der Waals surface area contributed by atoms with Crippen LogP contribution in [0.2, 0.25) is 5.02 Å². The first-order valence-electron chi connectivity index (χ1n) is 7.41. The molecule has 1 aliphatic rings.